The van der Waals surface area contributed by atoms with Crippen molar-refractivity contribution in [2.45, 2.75) is 6.92 Å². The third-order valence-corrected chi connectivity index (χ3v) is 4.50. The predicted octanol–water partition coefficient (Wildman–Crippen LogP) is 1.68. The summed E-state index contributed by atoms with van der Waals surface area (Å²) in [4.78, 5) is 29.5. The molecule has 0 bridgehead atoms. The molecule has 1 aromatic carbocycles. The summed E-state index contributed by atoms with van der Waals surface area (Å²) in [6, 6.07) is 7.13. The highest BCUT2D eigenvalue weighted by Crippen LogP contribution is 2.33. The van der Waals surface area contributed by atoms with Crippen LogP contribution in [0, 0.1) is 6.92 Å². The number of aryl methyl sites for hydroxylation is 1. The lowest BCUT2D eigenvalue weighted by Gasteiger charge is -2.15. The average Bonchev–Trinajstić information content (AvgIpc) is 2.89. The Kier molecular flexibility index (Phi) is 6.02. The van der Waals surface area contributed by atoms with E-state index in [1.807, 2.05) is 0 Å². The largest absolute Gasteiger partial charge is 0.477 e. The Labute approximate surface area is 143 Å². The van der Waals surface area contributed by atoms with Crippen molar-refractivity contribution in [3.05, 3.63) is 34.8 Å². The van der Waals surface area contributed by atoms with Crippen LogP contribution < -0.4 is 5.32 Å². The number of nitrogens with zero attached hydrogens (tertiary/aromatic N) is 2. The summed E-state index contributed by atoms with van der Waals surface area (Å²) in [5.41, 5.74) is 1.70. The smallest absolute Gasteiger partial charge is 0.347 e. The summed E-state index contributed by atoms with van der Waals surface area (Å²) >= 11 is 1.08. The van der Waals surface area contributed by atoms with Gasteiger partial charge < -0.3 is 15.5 Å². The summed E-state index contributed by atoms with van der Waals surface area (Å²) in [5, 5.41) is 21.4. The minimum absolute atomic E-state index is 0.0171. The number of aliphatic hydroxyl groups is 1. The van der Waals surface area contributed by atoms with Gasteiger partial charge in [-0.1, -0.05) is 12.1 Å². The number of amides is 1. The maximum absolute atomic E-state index is 12.1. The molecule has 0 spiro atoms. The van der Waals surface area contributed by atoms with Crippen molar-refractivity contribution >= 4 is 28.9 Å². The molecule has 0 saturated heterocycles. The van der Waals surface area contributed by atoms with Crippen LogP contribution >= 0.6 is 11.3 Å². The zero-order chi connectivity index (χ0) is 17.7. The van der Waals surface area contributed by atoms with Gasteiger partial charge in [0, 0.05) is 12.1 Å². The Hall–Kier alpha value is -2.29. The number of benzene rings is 1. The Balaban J connectivity index is 2.23. The number of aromatic nitrogens is 1. The van der Waals surface area contributed by atoms with Crippen molar-refractivity contribution in [1.82, 2.24) is 9.88 Å². The highest BCUT2D eigenvalue weighted by atomic mass is 32.1. The van der Waals surface area contributed by atoms with E-state index in [0.29, 0.717) is 28.5 Å². The van der Waals surface area contributed by atoms with Gasteiger partial charge in [-0.25, -0.2) is 9.78 Å². The first-order valence-corrected chi connectivity index (χ1v) is 8.13. The Morgan fingerprint density at radius 2 is 2.04 bits per heavy atom. The number of carboxylic acids is 1. The van der Waals surface area contributed by atoms with E-state index in [0.717, 1.165) is 11.3 Å². The van der Waals surface area contributed by atoms with E-state index in [9.17, 15) is 9.59 Å². The fourth-order valence-electron chi connectivity index (χ4n) is 2.17. The van der Waals surface area contributed by atoms with Crippen molar-refractivity contribution in [2.75, 3.05) is 32.1 Å². The van der Waals surface area contributed by atoms with Crippen LogP contribution in [0.15, 0.2) is 24.3 Å². The van der Waals surface area contributed by atoms with Gasteiger partial charge in [0.25, 0.3) is 0 Å². The molecule has 2 rings (SSSR count). The Morgan fingerprint density at radius 3 is 2.67 bits per heavy atom. The number of carbonyl (C=O) groups is 2. The molecule has 3 N–H and O–H groups in total. The number of nitrogens with one attached hydrogen (secondary N) is 1. The molecule has 0 atom stereocenters. The minimum Gasteiger partial charge on any atom is -0.477 e. The van der Waals surface area contributed by atoms with Gasteiger partial charge in [-0.05, 0) is 26.1 Å². The number of aromatic carboxylic acids is 1. The molecule has 1 heterocycles. The van der Waals surface area contributed by atoms with Crippen molar-refractivity contribution in [1.29, 1.82) is 0 Å². The van der Waals surface area contributed by atoms with Crippen molar-refractivity contribution in [3.8, 4) is 10.6 Å². The van der Waals surface area contributed by atoms with Gasteiger partial charge in [0.2, 0.25) is 5.91 Å². The molecule has 0 aliphatic carbocycles. The lowest BCUT2D eigenvalue weighted by molar-refractivity contribution is -0.117. The van der Waals surface area contributed by atoms with Gasteiger partial charge in [-0.2, -0.15) is 0 Å². The molecule has 2 aromatic rings. The van der Waals surface area contributed by atoms with E-state index in [-0.39, 0.29) is 23.9 Å². The van der Waals surface area contributed by atoms with Crippen LogP contribution in [0.1, 0.15) is 15.4 Å². The number of anilines is 1. The van der Waals surface area contributed by atoms with Crippen LogP contribution in [0.5, 0.6) is 0 Å². The molecule has 128 valence electrons. The maximum Gasteiger partial charge on any atom is 0.347 e. The normalized spacial score (nSPS) is 10.8. The first kappa shape index (κ1) is 18.1. The van der Waals surface area contributed by atoms with Crippen molar-refractivity contribution in [3.63, 3.8) is 0 Å². The van der Waals surface area contributed by atoms with E-state index in [2.05, 4.69) is 10.3 Å². The number of rotatable bonds is 7. The third kappa shape index (κ3) is 4.38. The van der Waals surface area contributed by atoms with Crippen LogP contribution in [0.4, 0.5) is 5.69 Å². The monoisotopic (exact) mass is 349 g/mol. The average molecular weight is 349 g/mol. The summed E-state index contributed by atoms with van der Waals surface area (Å²) < 4.78 is 0. The van der Waals surface area contributed by atoms with E-state index < -0.39 is 5.97 Å². The molecule has 0 radical (unpaired) electrons. The number of carboxylic acid groups (broad SMARTS) is 1. The Bertz CT molecular complexity index is 745. The number of carbonyl (C=O) groups excluding carboxylic acids is 1. The SMILES string of the molecule is Cc1nc(-c2ccccc2NC(=O)CN(C)CCO)sc1C(=O)O. The lowest BCUT2D eigenvalue weighted by Crippen LogP contribution is -2.32. The fraction of sp³-hybridized carbons (Fsp3) is 0.312. The molecule has 0 aliphatic rings. The number of hydrogen-bond donors (Lipinski definition) is 3. The number of para-hydroxylation sites is 1. The highest BCUT2D eigenvalue weighted by Gasteiger charge is 2.17. The van der Waals surface area contributed by atoms with E-state index in [1.54, 1.807) is 43.1 Å². The molecule has 1 amide bonds. The van der Waals surface area contributed by atoms with Crippen molar-refractivity contribution in [2.24, 2.45) is 0 Å². The topological polar surface area (TPSA) is 103 Å². The lowest BCUT2D eigenvalue weighted by atomic mass is 10.2. The van der Waals surface area contributed by atoms with Crippen molar-refractivity contribution < 1.29 is 19.8 Å². The van der Waals surface area contributed by atoms with Gasteiger partial charge in [0.1, 0.15) is 9.88 Å². The number of aliphatic hydroxyl groups excluding tert-OH is 1. The molecule has 0 fully saturated rings. The molecule has 7 nitrogen and oxygen atoms in total. The standard InChI is InChI=1S/C16H19N3O4S/c1-10-14(16(22)23)24-15(17-10)11-5-3-4-6-12(11)18-13(21)9-19(2)7-8-20/h3-6,20H,7-9H2,1-2H3,(H,18,21)(H,22,23). The molecule has 1 aromatic heterocycles. The second-order valence-electron chi connectivity index (χ2n) is 5.29. The van der Waals surface area contributed by atoms with Gasteiger partial charge in [0.15, 0.2) is 0 Å². The second-order valence-corrected chi connectivity index (χ2v) is 6.29. The van der Waals surface area contributed by atoms with E-state index in [1.165, 1.54) is 0 Å². The van der Waals surface area contributed by atoms with Gasteiger partial charge in [0.05, 0.1) is 24.5 Å². The van der Waals surface area contributed by atoms with Crippen LogP contribution in [0.2, 0.25) is 0 Å². The summed E-state index contributed by atoms with van der Waals surface area (Å²) in [5.74, 6) is -1.23. The quantitative estimate of drug-likeness (QED) is 0.703. The van der Waals surface area contributed by atoms with Crippen LogP contribution in [-0.4, -0.2) is 58.7 Å². The molecule has 24 heavy (non-hydrogen) atoms. The zero-order valence-electron chi connectivity index (χ0n) is 13.4. The minimum atomic E-state index is -1.01. The molecular formula is C16H19N3O4S. The molecular weight excluding hydrogens is 330 g/mol. The number of hydrogen-bond acceptors (Lipinski definition) is 6. The molecule has 0 unspecified atom stereocenters. The molecule has 0 aliphatic heterocycles. The van der Waals surface area contributed by atoms with E-state index in [4.69, 9.17) is 10.2 Å². The van der Waals surface area contributed by atoms with Gasteiger partial charge >= 0.3 is 5.97 Å². The van der Waals surface area contributed by atoms with Crippen LogP contribution in [0.25, 0.3) is 10.6 Å². The Morgan fingerprint density at radius 1 is 1.33 bits per heavy atom. The third-order valence-electron chi connectivity index (χ3n) is 3.32. The first-order valence-electron chi connectivity index (χ1n) is 7.31. The number of thiazole rings is 1. The van der Waals surface area contributed by atoms with Gasteiger partial charge in [-0.15, -0.1) is 11.3 Å². The zero-order valence-corrected chi connectivity index (χ0v) is 14.3. The fourth-order valence-corrected chi connectivity index (χ4v) is 3.12. The molecule has 0 saturated carbocycles. The first-order chi connectivity index (χ1) is 11.4. The van der Waals surface area contributed by atoms with E-state index >= 15 is 0 Å². The van der Waals surface area contributed by atoms with Crippen LogP contribution in [-0.2, 0) is 4.79 Å². The maximum atomic E-state index is 12.1. The second kappa shape index (κ2) is 8.00. The van der Waals surface area contributed by atoms with Crippen LogP contribution in [0.3, 0.4) is 0 Å². The summed E-state index contributed by atoms with van der Waals surface area (Å²) in [7, 11) is 1.74. The summed E-state index contributed by atoms with van der Waals surface area (Å²) in [6.07, 6.45) is 0. The van der Waals surface area contributed by atoms with Gasteiger partial charge in [-0.3, -0.25) is 9.69 Å². The highest BCUT2D eigenvalue weighted by molar-refractivity contribution is 7.17. The molecule has 8 heteroatoms. The number of likely N-dealkylation sites (N-methyl/N-ethyl adjacent to an activating group) is 1. The predicted molar refractivity (Wildman–Crippen MR) is 92.5 cm³/mol. The summed E-state index contributed by atoms with van der Waals surface area (Å²) in [6.45, 7) is 2.18.